The summed E-state index contributed by atoms with van der Waals surface area (Å²) in [6, 6.07) is 1.68. The number of piperidine rings is 1. The highest BCUT2D eigenvalue weighted by atomic mass is 35.5. The number of aromatic nitrogens is 5. The first-order valence-electron chi connectivity index (χ1n) is 8.67. The molecule has 0 amide bonds. The summed E-state index contributed by atoms with van der Waals surface area (Å²) in [7, 11) is -3.26. The SMILES string of the molecule is Cn1ncc(S(=O)(=O)N2CCC(c3cn4ncnc4cc3Cl)CC2)c1C(F)(F)F. The molecule has 4 rings (SSSR count). The van der Waals surface area contributed by atoms with Crippen molar-refractivity contribution >= 4 is 27.3 Å². The van der Waals surface area contributed by atoms with E-state index in [1.54, 1.807) is 16.8 Å². The fourth-order valence-corrected chi connectivity index (χ4v) is 5.57. The van der Waals surface area contributed by atoms with E-state index in [1.165, 1.54) is 6.33 Å². The van der Waals surface area contributed by atoms with Gasteiger partial charge in [-0.05, 0) is 24.3 Å². The van der Waals surface area contributed by atoms with Crippen LogP contribution >= 0.6 is 11.6 Å². The van der Waals surface area contributed by atoms with Crippen molar-refractivity contribution in [3.63, 3.8) is 0 Å². The Bertz CT molecular complexity index is 1170. The Kier molecular flexibility index (Phi) is 4.82. The van der Waals surface area contributed by atoms with Crippen LogP contribution in [0.15, 0.2) is 29.7 Å². The number of sulfonamides is 1. The third-order valence-corrected chi connectivity index (χ3v) is 7.31. The number of fused-ring (bicyclic) bond motifs is 1. The van der Waals surface area contributed by atoms with Crippen LogP contribution in [-0.4, -0.2) is 50.2 Å². The van der Waals surface area contributed by atoms with Crippen LogP contribution in [0.5, 0.6) is 0 Å². The van der Waals surface area contributed by atoms with E-state index in [2.05, 4.69) is 15.2 Å². The van der Waals surface area contributed by atoms with Gasteiger partial charge in [0.25, 0.3) is 0 Å². The topological polar surface area (TPSA) is 85.4 Å². The number of rotatable bonds is 3. The number of halogens is 4. The summed E-state index contributed by atoms with van der Waals surface area (Å²) in [5, 5.41) is 8.07. The predicted octanol–water partition coefficient (Wildman–Crippen LogP) is 2.70. The molecule has 3 aromatic heterocycles. The van der Waals surface area contributed by atoms with Gasteiger partial charge in [0.15, 0.2) is 11.3 Å². The first kappa shape index (κ1) is 20.1. The average Bonchev–Trinajstić information content (AvgIpc) is 3.27. The molecular formula is C16H16ClF3N6O2S. The zero-order valence-corrected chi connectivity index (χ0v) is 16.7. The molecule has 13 heteroatoms. The number of nitrogens with zero attached hydrogens (tertiary/aromatic N) is 6. The number of hydrogen-bond donors (Lipinski definition) is 0. The van der Waals surface area contributed by atoms with Crippen LogP contribution in [-0.2, 0) is 23.2 Å². The van der Waals surface area contributed by atoms with Crippen LogP contribution in [0.1, 0.15) is 30.0 Å². The highest BCUT2D eigenvalue weighted by molar-refractivity contribution is 7.89. The summed E-state index contributed by atoms with van der Waals surface area (Å²) in [5.41, 5.74) is 0.119. The third kappa shape index (κ3) is 3.49. The van der Waals surface area contributed by atoms with Crippen molar-refractivity contribution in [3.05, 3.63) is 41.1 Å². The molecule has 3 aromatic rings. The van der Waals surface area contributed by atoms with E-state index in [4.69, 9.17) is 11.6 Å². The molecule has 0 spiro atoms. The van der Waals surface area contributed by atoms with Crippen LogP contribution in [0, 0.1) is 0 Å². The van der Waals surface area contributed by atoms with Gasteiger partial charge >= 0.3 is 6.18 Å². The average molecular weight is 449 g/mol. The van der Waals surface area contributed by atoms with E-state index in [0.29, 0.717) is 28.2 Å². The molecule has 8 nitrogen and oxygen atoms in total. The summed E-state index contributed by atoms with van der Waals surface area (Å²) < 4.78 is 68.8. The summed E-state index contributed by atoms with van der Waals surface area (Å²) in [6.45, 7) is 0.149. The highest BCUT2D eigenvalue weighted by Crippen LogP contribution is 2.38. The van der Waals surface area contributed by atoms with E-state index in [1.807, 2.05) is 0 Å². The fourth-order valence-electron chi connectivity index (χ4n) is 3.63. The van der Waals surface area contributed by atoms with Crippen molar-refractivity contribution in [1.82, 2.24) is 28.7 Å². The Labute approximate surface area is 168 Å². The van der Waals surface area contributed by atoms with Gasteiger partial charge in [-0.15, -0.1) is 0 Å². The van der Waals surface area contributed by atoms with E-state index in [0.717, 1.165) is 23.1 Å². The Hall–Kier alpha value is -2.18. The predicted molar refractivity (Wildman–Crippen MR) is 96.9 cm³/mol. The molecule has 1 saturated heterocycles. The van der Waals surface area contributed by atoms with Gasteiger partial charge in [-0.1, -0.05) is 11.6 Å². The van der Waals surface area contributed by atoms with E-state index in [-0.39, 0.29) is 19.0 Å². The largest absolute Gasteiger partial charge is 0.434 e. The van der Waals surface area contributed by atoms with Crippen molar-refractivity contribution in [3.8, 4) is 0 Å². The molecule has 0 aliphatic carbocycles. The summed E-state index contributed by atoms with van der Waals surface area (Å²) >= 11 is 6.34. The molecule has 0 N–H and O–H groups in total. The van der Waals surface area contributed by atoms with Gasteiger partial charge in [-0.2, -0.15) is 27.7 Å². The Morgan fingerprint density at radius 1 is 1.21 bits per heavy atom. The lowest BCUT2D eigenvalue weighted by molar-refractivity contribution is -0.146. The molecule has 0 saturated carbocycles. The van der Waals surface area contributed by atoms with Crippen molar-refractivity contribution < 1.29 is 21.6 Å². The monoisotopic (exact) mass is 448 g/mol. The van der Waals surface area contributed by atoms with Crippen molar-refractivity contribution in [2.45, 2.75) is 29.8 Å². The second kappa shape index (κ2) is 6.96. The standard InChI is InChI=1S/C16H16ClF3N6O2S/c1-24-15(16(18,19)20)13(7-22-24)29(27,28)25-4-2-10(3-5-25)11-8-26-14(6-12(11)17)21-9-23-26/h6-10H,2-5H2,1H3. The summed E-state index contributed by atoms with van der Waals surface area (Å²) in [4.78, 5) is 3.23. The molecule has 0 atom stereocenters. The van der Waals surface area contributed by atoms with Gasteiger partial charge in [-0.3, -0.25) is 4.68 Å². The van der Waals surface area contributed by atoms with Crippen molar-refractivity contribution in [2.24, 2.45) is 7.05 Å². The van der Waals surface area contributed by atoms with Crippen LogP contribution in [0.2, 0.25) is 5.02 Å². The molecule has 1 aliphatic heterocycles. The first-order chi connectivity index (χ1) is 13.6. The molecular weight excluding hydrogens is 433 g/mol. The van der Waals surface area contributed by atoms with Gasteiger partial charge in [0.1, 0.15) is 11.2 Å². The zero-order chi connectivity index (χ0) is 21.0. The quantitative estimate of drug-likeness (QED) is 0.615. The lowest BCUT2D eigenvalue weighted by Crippen LogP contribution is -2.38. The second-order valence-corrected chi connectivity index (χ2v) is 9.11. The van der Waals surface area contributed by atoms with Crippen molar-refractivity contribution in [1.29, 1.82) is 0 Å². The van der Waals surface area contributed by atoms with E-state index < -0.39 is 26.8 Å². The first-order valence-corrected chi connectivity index (χ1v) is 10.5. The van der Waals surface area contributed by atoms with Crippen LogP contribution in [0.4, 0.5) is 13.2 Å². The Balaban J connectivity index is 1.57. The highest BCUT2D eigenvalue weighted by Gasteiger charge is 2.43. The minimum atomic E-state index is -4.83. The molecule has 1 aliphatic rings. The Morgan fingerprint density at radius 2 is 1.90 bits per heavy atom. The van der Waals surface area contributed by atoms with Gasteiger partial charge in [0, 0.05) is 37.4 Å². The van der Waals surface area contributed by atoms with Gasteiger partial charge in [0.05, 0.1) is 6.20 Å². The van der Waals surface area contributed by atoms with Crippen LogP contribution in [0.3, 0.4) is 0 Å². The van der Waals surface area contributed by atoms with Gasteiger partial charge in [-0.25, -0.2) is 17.9 Å². The minimum Gasteiger partial charge on any atom is -0.262 e. The molecule has 0 radical (unpaired) electrons. The molecule has 156 valence electrons. The van der Waals surface area contributed by atoms with Crippen molar-refractivity contribution in [2.75, 3.05) is 13.1 Å². The maximum atomic E-state index is 13.3. The van der Waals surface area contributed by atoms with Crippen LogP contribution < -0.4 is 0 Å². The van der Waals surface area contributed by atoms with E-state index >= 15 is 0 Å². The Morgan fingerprint density at radius 3 is 2.55 bits per heavy atom. The molecule has 29 heavy (non-hydrogen) atoms. The van der Waals surface area contributed by atoms with Crippen LogP contribution in [0.25, 0.3) is 5.65 Å². The molecule has 1 fully saturated rings. The molecule has 0 bridgehead atoms. The smallest absolute Gasteiger partial charge is 0.262 e. The van der Waals surface area contributed by atoms with Gasteiger partial charge in [0.2, 0.25) is 10.0 Å². The lowest BCUT2D eigenvalue weighted by Gasteiger charge is -2.31. The number of hydrogen-bond acceptors (Lipinski definition) is 5. The van der Waals surface area contributed by atoms with E-state index in [9.17, 15) is 21.6 Å². The second-order valence-electron chi connectivity index (χ2n) is 6.80. The third-order valence-electron chi connectivity index (χ3n) is 5.08. The lowest BCUT2D eigenvalue weighted by atomic mass is 9.91. The zero-order valence-electron chi connectivity index (χ0n) is 15.1. The van der Waals surface area contributed by atoms with Gasteiger partial charge < -0.3 is 0 Å². The fraction of sp³-hybridized carbons (Fsp3) is 0.438. The maximum Gasteiger partial charge on any atom is 0.434 e. The normalized spacial score (nSPS) is 17.3. The summed E-state index contributed by atoms with van der Waals surface area (Å²) in [5.74, 6) is -0.0430. The maximum absolute atomic E-state index is 13.3. The number of pyridine rings is 1. The number of alkyl halides is 3. The minimum absolute atomic E-state index is 0.0430. The molecule has 4 heterocycles. The summed E-state index contributed by atoms with van der Waals surface area (Å²) in [6.07, 6.45) is -0.0902. The molecule has 0 aromatic carbocycles. The number of aryl methyl sites for hydroxylation is 1. The molecule has 0 unspecified atom stereocenters.